The van der Waals surface area contributed by atoms with Gasteiger partial charge >= 0.3 is 12.1 Å². The van der Waals surface area contributed by atoms with Crippen LogP contribution in [0.4, 0.5) is 18.9 Å². The number of alkyl halides is 3. The SMILES string of the molecule is O=C(O)c1cc(C(F)(F)F)ccc1N1CCCC(CO)C1. The summed E-state index contributed by atoms with van der Waals surface area (Å²) in [5, 5.41) is 18.4. The van der Waals surface area contributed by atoms with Crippen LogP contribution in [0.2, 0.25) is 0 Å². The van der Waals surface area contributed by atoms with Gasteiger partial charge < -0.3 is 15.1 Å². The second-order valence-electron chi connectivity index (χ2n) is 5.17. The first kappa shape index (κ1) is 15.6. The molecule has 116 valence electrons. The number of aromatic carboxylic acids is 1. The highest BCUT2D eigenvalue weighted by Gasteiger charge is 2.33. The molecular weight excluding hydrogens is 287 g/mol. The molecule has 1 saturated heterocycles. The summed E-state index contributed by atoms with van der Waals surface area (Å²) in [6.07, 6.45) is -2.97. The fourth-order valence-electron chi connectivity index (χ4n) is 2.59. The van der Waals surface area contributed by atoms with Crippen LogP contribution >= 0.6 is 0 Å². The molecule has 0 amide bonds. The first-order valence-corrected chi connectivity index (χ1v) is 6.63. The smallest absolute Gasteiger partial charge is 0.416 e. The lowest BCUT2D eigenvalue weighted by atomic mass is 9.97. The second-order valence-corrected chi connectivity index (χ2v) is 5.17. The lowest BCUT2D eigenvalue weighted by molar-refractivity contribution is -0.137. The molecule has 1 fully saturated rings. The van der Waals surface area contributed by atoms with Crippen molar-refractivity contribution in [2.45, 2.75) is 19.0 Å². The molecule has 0 aliphatic carbocycles. The van der Waals surface area contributed by atoms with Crippen LogP contribution in [0.1, 0.15) is 28.8 Å². The summed E-state index contributed by atoms with van der Waals surface area (Å²) < 4.78 is 38.0. The van der Waals surface area contributed by atoms with Gasteiger partial charge in [0.2, 0.25) is 0 Å². The average molecular weight is 303 g/mol. The number of halogens is 3. The minimum atomic E-state index is -4.57. The number of benzene rings is 1. The summed E-state index contributed by atoms with van der Waals surface area (Å²) in [6, 6.07) is 2.76. The van der Waals surface area contributed by atoms with E-state index in [0.29, 0.717) is 19.2 Å². The van der Waals surface area contributed by atoms with E-state index < -0.39 is 17.7 Å². The number of aliphatic hydroxyl groups excluding tert-OH is 1. The molecule has 1 aromatic carbocycles. The number of hydrogen-bond acceptors (Lipinski definition) is 3. The molecule has 1 aromatic rings. The number of piperidine rings is 1. The minimum absolute atomic E-state index is 0.0143. The van der Waals surface area contributed by atoms with Crippen LogP contribution in [-0.2, 0) is 6.18 Å². The summed E-state index contributed by atoms with van der Waals surface area (Å²) in [7, 11) is 0. The van der Waals surface area contributed by atoms with Crippen LogP contribution in [-0.4, -0.2) is 35.9 Å². The molecule has 0 radical (unpaired) electrons. The fourth-order valence-corrected chi connectivity index (χ4v) is 2.59. The van der Waals surface area contributed by atoms with Gasteiger partial charge in [0.15, 0.2) is 0 Å². The number of carbonyl (C=O) groups is 1. The molecule has 21 heavy (non-hydrogen) atoms. The Bertz CT molecular complexity index is 531. The molecule has 0 bridgehead atoms. The normalized spacial score (nSPS) is 19.6. The van der Waals surface area contributed by atoms with Gasteiger partial charge in [0, 0.05) is 19.7 Å². The quantitative estimate of drug-likeness (QED) is 0.901. The molecular formula is C14H16F3NO3. The molecule has 0 aromatic heterocycles. The number of anilines is 1. The van der Waals surface area contributed by atoms with Gasteiger partial charge in [-0.15, -0.1) is 0 Å². The van der Waals surface area contributed by atoms with Gasteiger partial charge in [-0.3, -0.25) is 0 Å². The standard InChI is InChI=1S/C14H16F3NO3/c15-14(16,17)10-3-4-12(11(6-10)13(20)21)18-5-1-2-9(7-18)8-19/h3-4,6,9,19H,1-2,5,7-8H2,(H,20,21). The number of rotatable bonds is 3. The van der Waals surface area contributed by atoms with Crippen LogP contribution in [0.15, 0.2) is 18.2 Å². The predicted octanol–water partition coefficient (Wildman–Crippen LogP) is 2.61. The third-order valence-electron chi connectivity index (χ3n) is 3.67. The number of nitrogens with zero attached hydrogens (tertiary/aromatic N) is 1. The highest BCUT2D eigenvalue weighted by atomic mass is 19.4. The van der Waals surface area contributed by atoms with Crippen molar-refractivity contribution in [2.75, 3.05) is 24.6 Å². The number of aliphatic hydroxyl groups is 1. The van der Waals surface area contributed by atoms with Crippen molar-refractivity contribution in [1.29, 1.82) is 0 Å². The monoisotopic (exact) mass is 303 g/mol. The Morgan fingerprint density at radius 2 is 2.10 bits per heavy atom. The Morgan fingerprint density at radius 3 is 2.67 bits per heavy atom. The van der Waals surface area contributed by atoms with Crippen molar-refractivity contribution in [1.82, 2.24) is 0 Å². The van der Waals surface area contributed by atoms with E-state index >= 15 is 0 Å². The van der Waals surface area contributed by atoms with Gasteiger partial charge in [0.25, 0.3) is 0 Å². The third-order valence-corrected chi connectivity index (χ3v) is 3.67. The second kappa shape index (κ2) is 5.93. The first-order valence-electron chi connectivity index (χ1n) is 6.63. The Balaban J connectivity index is 2.37. The van der Waals surface area contributed by atoms with E-state index in [2.05, 4.69) is 0 Å². The summed E-state index contributed by atoms with van der Waals surface area (Å²) in [4.78, 5) is 13.0. The topological polar surface area (TPSA) is 60.8 Å². The Morgan fingerprint density at radius 1 is 1.38 bits per heavy atom. The third kappa shape index (κ3) is 3.47. The molecule has 2 rings (SSSR count). The van der Waals surface area contributed by atoms with Crippen molar-refractivity contribution < 1.29 is 28.2 Å². The number of carboxylic acid groups (broad SMARTS) is 1. The van der Waals surface area contributed by atoms with Crippen LogP contribution in [0.25, 0.3) is 0 Å². The van der Waals surface area contributed by atoms with Crippen molar-refractivity contribution in [3.05, 3.63) is 29.3 Å². The van der Waals surface area contributed by atoms with E-state index in [1.807, 2.05) is 0 Å². The molecule has 0 saturated carbocycles. The van der Waals surface area contributed by atoms with Gasteiger partial charge in [-0.25, -0.2) is 4.79 Å². The largest absolute Gasteiger partial charge is 0.478 e. The van der Waals surface area contributed by atoms with Gasteiger partial charge in [0.1, 0.15) is 0 Å². The zero-order valence-corrected chi connectivity index (χ0v) is 11.2. The minimum Gasteiger partial charge on any atom is -0.478 e. The van der Waals surface area contributed by atoms with E-state index in [0.717, 1.165) is 18.9 Å². The molecule has 1 heterocycles. The summed E-state index contributed by atoms with van der Waals surface area (Å²) in [5.74, 6) is -1.37. The predicted molar refractivity (Wildman–Crippen MR) is 70.4 cm³/mol. The zero-order valence-electron chi connectivity index (χ0n) is 11.2. The Kier molecular flexibility index (Phi) is 4.41. The molecule has 0 spiro atoms. The van der Waals surface area contributed by atoms with E-state index in [-0.39, 0.29) is 23.8 Å². The van der Waals surface area contributed by atoms with Crippen LogP contribution in [0, 0.1) is 5.92 Å². The highest BCUT2D eigenvalue weighted by molar-refractivity contribution is 5.94. The van der Waals surface area contributed by atoms with Crippen molar-refractivity contribution in [3.63, 3.8) is 0 Å². The highest BCUT2D eigenvalue weighted by Crippen LogP contribution is 2.34. The number of hydrogen-bond donors (Lipinski definition) is 2. The lowest BCUT2D eigenvalue weighted by Gasteiger charge is -2.34. The van der Waals surface area contributed by atoms with Gasteiger partial charge in [-0.2, -0.15) is 13.2 Å². The van der Waals surface area contributed by atoms with Gasteiger partial charge in [-0.1, -0.05) is 0 Å². The van der Waals surface area contributed by atoms with Crippen molar-refractivity contribution >= 4 is 11.7 Å². The molecule has 1 unspecified atom stereocenters. The zero-order chi connectivity index (χ0) is 15.6. The van der Waals surface area contributed by atoms with Crippen LogP contribution in [0.5, 0.6) is 0 Å². The van der Waals surface area contributed by atoms with E-state index in [1.165, 1.54) is 6.07 Å². The van der Waals surface area contributed by atoms with E-state index in [4.69, 9.17) is 5.11 Å². The van der Waals surface area contributed by atoms with Crippen LogP contribution in [0.3, 0.4) is 0 Å². The molecule has 2 N–H and O–H groups in total. The fraction of sp³-hybridized carbons (Fsp3) is 0.500. The lowest BCUT2D eigenvalue weighted by Crippen LogP contribution is -2.37. The summed E-state index contributed by atoms with van der Waals surface area (Å²) >= 11 is 0. The van der Waals surface area contributed by atoms with Crippen molar-refractivity contribution in [2.24, 2.45) is 5.92 Å². The molecule has 7 heteroatoms. The maximum atomic E-state index is 12.7. The summed E-state index contributed by atoms with van der Waals surface area (Å²) in [6.45, 7) is 1.00. The Hall–Kier alpha value is -1.76. The molecule has 1 atom stereocenters. The Labute approximate surface area is 119 Å². The average Bonchev–Trinajstić information content (AvgIpc) is 2.45. The van der Waals surface area contributed by atoms with E-state index in [1.54, 1.807) is 4.90 Å². The molecule has 1 aliphatic heterocycles. The molecule has 1 aliphatic rings. The van der Waals surface area contributed by atoms with Gasteiger partial charge in [0.05, 0.1) is 16.8 Å². The van der Waals surface area contributed by atoms with Gasteiger partial charge in [-0.05, 0) is 37.0 Å². The number of carboxylic acids is 1. The maximum Gasteiger partial charge on any atom is 0.416 e. The van der Waals surface area contributed by atoms with Crippen LogP contribution < -0.4 is 4.90 Å². The summed E-state index contributed by atoms with van der Waals surface area (Å²) in [5.41, 5.74) is -1.06. The first-order chi connectivity index (χ1) is 9.82. The maximum absolute atomic E-state index is 12.7. The van der Waals surface area contributed by atoms with E-state index in [9.17, 15) is 23.1 Å². The van der Waals surface area contributed by atoms with Crippen molar-refractivity contribution in [3.8, 4) is 0 Å². The molecule has 4 nitrogen and oxygen atoms in total.